The third-order valence-corrected chi connectivity index (χ3v) is 11.6. The summed E-state index contributed by atoms with van der Waals surface area (Å²) in [6, 6.07) is 27.1. The molecule has 0 heterocycles. The van der Waals surface area contributed by atoms with Crippen LogP contribution in [0.25, 0.3) is 0 Å². The van der Waals surface area contributed by atoms with Crippen molar-refractivity contribution in [1.82, 2.24) is 0 Å². The molecule has 43 heavy (non-hydrogen) atoms. The summed E-state index contributed by atoms with van der Waals surface area (Å²) in [6.45, 7) is -1.95. The average Bonchev–Trinajstić information content (AvgIpc) is 3.05. The van der Waals surface area contributed by atoms with E-state index in [4.69, 9.17) is 14.2 Å². The molecule has 0 saturated carbocycles. The lowest BCUT2D eigenvalue weighted by Crippen LogP contribution is -2.47. The second-order valence-corrected chi connectivity index (χ2v) is 12.8. The van der Waals surface area contributed by atoms with Crippen LogP contribution in [-0.4, -0.2) is 60.0 Å². The van der Waals surface area contributed by atoms with E-state index < -0.39 is 59.5 Å². The lowest BCUT2D eigenvalue weighted by Gasteiger charge is -2.36. The summed E-state index contributed by atoms with van der Waals surface area (Å²) < 4.78 is 15.7. The molecule has 2 N–H and O–H groups in total. The van der Waals surface area contributed by atoms with E-state index in [-0.39, 0.29) is 11.9 Å². The van der Waals surface area contributed by atoms with Gasteiger partial charge in [-0.15, -0.1) is 0 Å². The fourth-order valence-electron chi connectivity index (χ4n) is 5.38. The van der Waals surface area contributed by atoms with Gasteiger partial charge in [0.15, 0.2) is 5.76 Å². The van der Waals surface area contributed by atoms with E-state index >= 15 is 0 Å². The average molecular weight is 603 g/mol. The van der Waals surface area contributed by atoms with E-state index in [0.717, 1.165) is 20.3 Å². The smallest absolute Gasteiger partial charge is 0.335 e. The topological polar surface area (TPSA) is 136 Å². The second kappa shape index (κ2) is 13.4. The van der Waals surface area contributed by atoms with E-state index in [1.54, 1.807) is 43.3 Å². The van der Waals surface area contributed by atoms with Crippen molar-refractivity contribution >= 4 is 51.8 Å². The van der Waals surface area contributed by atoms with Gasteiger partial charge in [-0.1, -0.05) is 91.0 Å². The van der Waals surface area contributed by atoms with E-state index in [0.29, 0.717) is 15.9 Å². The summed E-state index contributed by atoms with van der Waals surface area (Å²) in [7, 11) is 2.24. The minimum Gasteiger partial charge on any atom is -0.504 e. The van der Waals surface area contributed by atoms with Gasteiger partial charge in [0.25, 0.3) is 0 Å². The molecule has 2 unspecified atom stereocenters. The summed E-state index contributed by atoms with van der Waals surface area (Å²) in [5.41, 5.74) is -0.425. The second-order valence-electron chi connectivity index (χ2n) is 9.45. The predicted octanol–water partition coefficient (Wildman–Crippen LogP) is 3.13. The van der Waals surface area contributed by atoms with Crippen molar-refractivity contribution in [1.29, 1.82) is 0 Å². The number of hydrogen-bond acceptors (Lipinski definition) is 9. The van der Waals surface area contributed by atoms with Crippen LogP contribution < -0.4 is 15.9 Å². The Balaban J connectivity index is 2.31. The molecule has 0 bridgehead atoms. The van der Waals surface area contributed by atoms with Crippen LogP contribution in [0.2, 0.25) is 0 Å². The van der Waals surface area contributed by atoms with Gasteiger partial charge in [-0.25, -0.2) is 9.59 Å². The number of Topliss-reactive ketones (excluding diaryl/α,β-unsaturated/α-hetero) is 1. The van der Waals surface area contributed by atoms with Crippen LogP contribution in [0.3, 0.4) is 0 Å². The quantitative estimate of drug-likeness (QED) is 0.215. The largest absolute Gasteiger partial charge is 0.504 e. The molecule has 0 aliphatic heterocycles. The van der Waals surface area contributed by atoms with Crippen molar-refractivity contribution in [3.05, 3.63) is 114 Å². The van der Waals surface area contributed by atoms with Gasteiger partial charge in [-0.3, -0.25) is 9.59 Å². The third-order valence-electron chi connectivity index (χ3n) is 7.17. The predicted molar refractivity (Wildman–Crippen MR) is 163 cm³/mol. The first kappa shape index (κ1) is 31.1. The van der Waals surface area contributed by atoms with Crippen LogP contribution in [0, 0.1) is 11.8 Å². The van der Waals surface area contributed by atoms with Gasteiger partial charge in [-0.2, -0.15) is 0 Å². The molecule has 10 heteroatoms. The summed E-state index contributed by atoms with van der Waals surface area (Å²) in [5, 5.41) is 22.7. The number of esters is 3. The molecule has 9 nitrogen and oxygen atoms in total. The third kappa shape index (κ3) is 5.64. The number of rotatable bonds is 9. The molecule has 2 atom stereocenters. The molecule has 0 aromatic heterocycles. The lowest BCUT2D eigenvalue weighted by atomic mass is 9.77. The molecular formula is C33H31O9P. The molecule has 222 valence electrons. The van der Waals surface area contributed by atoms with Crippen LogP contribution in [-0.2, 0) is 33.4 Å². The SMILES string of the molecule is CCOC(=O)C1=CC(O)=C(O)C(=O)C1C(C(=O)OC)C(C(=O)OC)=P(c1ccccc1)(c1ccccc1)c1ccccc1. The minimum atomic E-state index is -3.41. The van der Waals surface area contributed by atoms with E-state index in [2.05, 4.69) is 0 Å². The number of carbonyl (C=O) groups is 4. The Kier molecular flexibility index (Phi) is 9.68. The van der Waals surface area contributed by atoms with Crippen molar-refractivity contribution in [3.63, 3.8) is 0 Å². The van der Waals surface area contributed by atoms with Gasteiger partial charge in [0.2, 0.25) is 11.5 Å². The summed E-state index contributed by atoms with van der Waals surface area (Å²) >= 11 is 0. The van der Waals surface area contributed by atoms with Crippen molar-refractivity contribution in [2.75, 3.05) is 20.8 Å². The van der Waals surface area contributed by atoms with Crippen molar-refractivity contribution in [2.24, 2.45) is 11.8 Å². The fourth-order valence-corrected chi connectivity index (χ4v) is 10.0. The Morgan fingerprint density at radius 2 is 1.26 bits per heavy atom. The number of aliphatic hydroxyl groups excluding tert-OH is 2. The number of allylic oxidation sites excluding steroid dienone is 2. The Morgan fingerprint density at radius 3 is 1.65 bits per heavy atom. The van der Waals surface area contributed by atoms with Crippen molar-refractivity contribution in [3.8, 4) is 0 Å². The van der Waals surface area contributed by atoms with Gasteiger partial charge < -0.3 is 24.4 Å². The van der Waals surface area contributed by atoms with Crippen LogP contribution in [0.5, 0.6) is 0 Å². The van der Waals surface area contributed by atoms with Crippen molar-refractivity contribution < 1.29 is 43.6 Å². The van der Waals surface area contributed by atoms with Crippen LogP contribution in [0.1, 0.15) is 6.92 Å². The van der Waals surface area contributed by atoms with Crippen LogP contribution in [0.15, 0.2) is 114 Å². The molecule has 4 rings (SSSR count). The maximum Gasteiger partial charge on any atom is 0.335 e. The van der Waals surface area contributed by atoms with E-state index in [9.17, 15) is 29.4 Å². The maximum absolute atomic E-state index is 14.2. The Morgan fingerprint density at radius 1 is 0.791 bits per heavy atom. The minimum absolute atomic E-state index is 0.0843. The van der Waals surface area contributed by atoms with Crippen LogP contribution in [0.4, 0.5) is 0 Å². The summed E-state index contributed by atoms with van der Waals surface area (Å²) in [6.07, 6.45) is 0.873. The number of methoxy groups -OCH3 is 2. The molecule has 1 aliphatic rings. The van der Waals surface area contributed by atoms with Crippen molar-refractivity contribution in [2.45, 2.75) is 6.92 Å². The molecule has 0 spiro atoms. The van der Waals surface area contributed by atoms with Gasteiger partial charge in [0.1, 0.15) is 5.92 Å². The molecule has 0 amide bonds. The highest BCUT2D eigenvalue weighted by atomic mass is 31.2. The molecular weight excluding hydrogens is 571 g/mol. The molecule has 0 fully saturated rings. The highest BCUT2D eigenvalue weighted by molar-refractivity contribution is 7.96. The Bertz CT molecular complexity index is 1540. The zero-order chi connectivity index (χ0) is 31.1. The highest BCUT2D eigenvalue weighted by Gasteiger charge is 2.51. The molecule has 3 aromatic rings. The van der Waals surface area contributed by atoms with E-state index in [1.165, 1.54) is 0 Å². The number of aliphatic hydroxyl groups is 2. The Hall–Kier alpha value is -4.88. The monoisotopic (exact) mass is 602 g/mol. The number of carbonyl (C=O) groups excluding carboxylic acids is 4. The van der Waals surface area contributed by atoms with Gasteiger partial charge in [-0.05, 0) is 35.8 Å². The van der Waals surface area contributed by atoms with Gasteiger partial charge >= 0.3 is 17.9 Å². The van der Waals surface area contributed by atoms with Gasteiger partial charge in [0.05, 0.1) is 37.6 Å². The zero-order valence-electron chi connectivity index (χ0n) is 23.8. The molecule has 0 radical (unpaired) electrons. The first-order valence-corrected chi connectivity index (χ1v) is 15.2. The molecule has 3 aromatic carbocycles. The highest BCUT2D eigenvalue weighted by Crippen LogP contribution is 2.50. The van der Waals surface area contributed by atoms with Gasteiger partial charge in [0, 0.05) is 0 Å². The van der Waals surface area contributed by atoms with E-state index in [1.807, 2.05) is 54.6 Å². The summed E-state index contributed by atoms with van der Waals surface area (Å²) in [4.78, 5) is 55.2. The number of ether oxygens (including phenoxy) is 3. The zero-order valence-corrected chi connectivity index (χ0v) is 24.7. The normalized spacial score (nSPS) is 15.7. The first-order chi connectivity index (χ1) is 20.7. The number of hydrogen-bond donors (Lipinski definition) is 2. The number of ketones is 1. The summed E-state index contributed by atoms with van der Waals surface area (Å²) in [5.74, 6) is -9.66. The molecule has 1 aliphatic carbocycles. The lowest BCUT2D eigenvalue weighted by molar-refractivity contribution is -0.148. The van der Waals surface area contributed by atoms with Crippen LogP contribution >= 0.6 is 6.89 Å². The Labute approximate surface area is 249 Å². The molecule has 0 saturated heterocycles. The maximum atomic E-state index is 14.2. The fraction of sp³-hybridized carbons (Fsp3) is 0.182. The number of benzene rings is 3. The first-order valence-electron chi connectivity index (χ1n) is 13.4. The standard InChI is InChI=1S/C33H31O9P/c1-4-42-31(37)24-20-25(34)28(35)29(36)26(24)27(32(38)40-2)30(33(39)41-3)43(21-14-8-5-9-15-21,22-16-10-6-11-17-22)23-18-12-7-13-19-23/h5-20,26-27,34-35H,4H2,1-3H3.